The molecule has 3 rings (SSSR count). The molecule has 0 aromatic heterocycles. The topological polar surface area (TPSA) is 9.23 Å². The summed E-state index contributed by atoms with van der Waals surface area (Å²) in [7, 11) is 0. The maximum atomic E-state index is 6.70. The highest BCUT2D eigenvalue weighted by Gasteiger charge is 2.33. The van der Waals surface area contributed by atoms with Crippen LogP contribution in [0.1, 0.15) is 30.7 Å². The summed E-state index contributed by atoms with van der Waals surface area (Å²) in [6, 6.07) is 19.1. The van der Waals surface area contributed by atoms with Gasteiger partial charge in [-0.25, -0.2) is 0 Å². The molecule has 0 spiro atoms. The molecule has 0 radical (unpaired) electrons. The van der Waals surface area contributed by atoms with Crippen molar-refractivity contribution in [2.24, 2.45) is 5.92 Å². The zero-order valence-electron chi connectivity index (χ0n) is 12.3. The van der Waals surface area contributed by atoms with Crippen molar-refractivity contribution in [2.45, 2.75) is 31.2 Å². The molecule has 1 fully saturated rings. The Kier molecular flexibility index (Phi) is 4.62. The van der Waals surface area contributed by atoms with Crippen molar-refractivity contribution in [1.82, 2.24) is 0 Å². The summed E-state index contributed by atoms with van der Waals surface area (Å²) in [6.45, 7) is 3.01. The number of hydrogen-bond acceptors (Lipinski definition) is 1. The van der Waals surface area contributed by atoms with Crippen molar-refractivity contribution in [1.29, 1.82) is 0 Å². The standard InChI is InChI=1S/C19H21ClO/c1-2-18-17(12-13-21-18)19(20)16-10-8-15(9-11-16)14-6-4-3-5-7-14/h3-11,17-19H,2,12-13H2,1H3. The molecule has 0 aliphatic carbocycles. The second kappa shape index (κ2) is 6.64. The second-order valence-electron chi connectivity index (χ2n) is 5.66. The van der Waals surface area contributed by atoms with Gasteiger partial charge in [0.05, 0.1) is 11.5 Å². The van der Waals surface area contributed by atoms with Gasteiger partial charge in [0.2, 0.25) is 0 Å². The van der Waals surface area contributed by atoms with E-state index >= 15 is 0 Å². The van der Waals surface area contributed by atoms with Crippen molar-refractivity contribution >= 4 is 11.6 Å². The third kappa shape index (κ3) is 3.14. The van der Waals surface area contributed by atoms with E-state index in [-0.39, 0.29) is 5.38 Å². The number of ether oxygens (including phenoxy) is 1. The van der Waals surface area contributed by atoms with E-state index in [9.17, 15) is 0 Å². The van der Waals surface area contributed by atoms with Crippen LogP contribution in [0.4, 0.5) is 0 Å². The Morgan fingerprint density at radius 1 is 1.05 bits per heavy atom. The zero-order chi connectivity index (χ0) is 14.7. The Labute approximate surface area is 131 Å². The number of rotatable bonds is 4. The molecular formula is C19H21ClO. The normalized spacial score (nSPS) is 23.1. The largest absolute Gasteiger partial charge is 0.378 e. The van der Waals surface area contributed by atoms with Gasteiger partial charge in [-0.2, -0.15) is 0 Å². The zero-order valence-corrected chi connectivity index (χ0v) is 13.1. The molecule has 1 saturated heterocycles. The molecule has 1 aliphatic heterocycles. The number of hydrogen-bond donors (Lipinski definition) is 0. The van der Waals surface area contributed by atoms with Gasteiger partial charge in [0.15, 0.2) is 0 Å². The van der Waals surface area contributed by atoms with E-state index in [1.165, 1.54) is 16.7 Å². The van der Waals surface area contributed by atoms with E-state index in [0.29, 0.717) is 12.0 Å². The molecule has 2 aromatic rings. The van der Waals surface area contributed by atoms with Gasteiger partial charge < -0.3 is 4.74 Å². The van der Waals surface area contributed by atoms with Gasteiger partial charge in [-0.3, -0.25) is 0 Å². The highest BCUT2D eigenvalue weighted by molar-refractivity contribution is 6.21. The lowest BCUT2D eigenvalue weighted by Crippen LogP contribution is -2.19. The lowest BCUT2D eigenvalue weighted by Gasteiger charge is -2.22. The van der Waals surface area contributed by atoms with Crippen LogP contribution in [0.5, 0.6) is 0 Å². The molecule has 2 aromatic carbocycles. The molecule has 3 atom stereocenters. The van der Waals surface area contributed by atoms with Crippen LogP contribution in [0.15, 0.2) is 54.6 Å². The summed E-state index contributed by atoms with van der Waals surface area (Å²) in [5, 5.41) is 0.0438. The minimum absolute atomic E-state index is 0.0438. The Morgan fingerprint density at radius 3 is 2.38 bits per heavy atom. The van der Waals surface area contributed by atoms with E-state index in [4.69, 9.17) is 16.3 Å². The van der Waals surface area contributed by atoms with Gasteiger partial charge in [0.1, 0.15) is 0 Å². The monoisotopic (exact) mass is 300 g/mol. The molecule has 0 amide bonds. The molecule has 1 aliphatic rings. The summed E-state index contributed by atoms with van der Waals surface area (Å²) < 4.78 is 5.77. The van der Waals surface area contributed by atoms with Crippen molar-refractivity contribution in [3.05, 3.63) is 60.2 Å². The summed E-state index contributed by atoms with van der Waals surface area (Å²) in [4.78, 5) is 0. The number of halogens is 1. The highest BCUT2D eigenvalue weighted by atomic mass is 35.5. The van der Waals surface area contributed by atoms with Crippen LogP contribution >= 0.6 is 11.6 Å². The molecule has 2 heteroatoms. The van der Waals surface area contributed by atoms with Crippen molar-refractivity contribution in [2.75, 3.05) is 6.61 Å². The number of alkyl halides is 1. The highest BCUT2D eigenvalue weighted by Crippen LogP contribution is 2.39. The fourth-order valence-electron chi connectivity index (χ4n) is 3.16. The molecule has 0 saturated carbocycles. The summed E-state index contributed by atoms with van der Waals surface area (Å²) >= 11 is 6.70. The van der Waals surface area contributed by atoms with Gasteiger partial charge in [-0.1, -0.05) is 61.5 Å². The number of benzene rings is 2. The third-order valence-corrected chi connectivity index (χ3v) is 4.95. The van der Waals surface area contributed by atoms with Crippen LogP contribution in [-0.4, -0.2) is 12.7 Å². The first kappa shape index (κ1) is 14.6. The van der Waals surface area contributed by atoms with Crippen LogP contribution in [-0.2, 0) is 4.74 Å². The van der Waals surface area contributed by atoms with E-state index in [0.717, 1.165) is 19.4 Å². The van der Waals surface area contributed by atoms with Crippen LogP contribution in [0, 0.1) is 5.92 Å². The Bertz CT molecular complexity index is 564. The van der Waals surface area contributed by atoms with E-state index in [1.54, 1.807) is 0 Å². The first-order chi connectivity index (χ1) is 10.3. The Hall–Kier alpha value is -1.31. The smallest absolute Gasteiger partial charge is 0.0639 e. The minimum atomic E-state index is 0.0438. The Balaban J connectivity index is 1.78. The SMILES string of the molecule is CCC1OCCC1C(Cl)c1ccc(-c2ccccc2)cc1. The van der Waals surface area contributed by atoms with Crippen LogP contribution in [0.2, 0.25) is 0 Å². The lowest BCUT2D eigenvalue weighted by atomic mass is 9.90. The van der Waals surface area contributed by atoms with Gasteiger partial charge >= 0.3 is 0 Å². The molecule has 0 bridgehead atoms. The van der Waals surface area contributed by atoms with Gasteiger partial charge in [-0.05, 0) is 29.5 Å². The fraction of sp³-hybridized carbons (Fsp3) is 0.368. The predicted molar refractivity (Wildman–Crippen MR) is 88.6 cm³/mol. The van der Waals surface area contributed by atoms with Crippen LogP contribution in [0.25, 0.3) is 11.1 Å². The molecule has 0 N–H and O–H groups in total. The maximum absolute atomic E-state index is 6.70. The fourth-order valence-corrected chi connectivity index (χ4v) is 3.59. The average molecular weight is 301 g/mol. The van der Waals surface area contributed by atoms with Crippen molar-refractivity contribution in [3.63, 3.8) is 0 Å². The summed E-state index contributed by atoms with van der Waals surface area (Å²) in [5.41, 5.74) is 3.68. The Morgan fingerprint density at radius 2 is 1.71 bits per heavy atom. The lowest BCUT2D eigenvalue weighted by molar-refractivity contribution is 0.0864. The van der Waals surface area contributed by atoms with E-state index in [1.807, 2.05) is 6.07 Å². The molecule has 1 nitrogen and oxygen atoms in total. The first-order valence-electron chi connectivity index (χ1n) is 7.70. The van der Waals surface area contributed by atoms with E-state index in [2.05, 4.69) is 55.5 Å². The van der Waals surface area contributed by atoms with Crippen LogP contribution < -0.4 is 0 Å². The van der Waals surface area contributed by atoms with Crippen molar-refractivity contribution < 1.29 is 4.74 Å². The van der Waals surface area contributed by atoms with Crippen molar-refractivity contribution in [3.8, 4) is 11.1 Å². The quantitative estimate of drug-likeness (QED) is 0.682. The molecule has 21 heavy (non-hydrogen) atoms. The summed E-state index contributed by atoms with van der Waals surface area (Å²) in [5.74, 6) is 0.430. The molecule has 3 unspecified atom stereocenters. The summed E-state index contributed by atoms with van der Waals surface area (Å²) in [6.07, 6.45) is 2.41. The second-order valence-corrected chi connectivity index (χ2v) is 6.13. The van der Waals surface area contributed by atoms with Gasteiger partial charge in [0, 0.05) is 12.5 Å². The minimum Gasteiger partial charge on any atom is -0.378 e. The maximum Gasteiger partial charge on any atom is 0.0639 e. The molecule has 110 valence electrons. The first-order valence-corrected chi connectivity index (χ1v) is 8.14. The third-order valence-electron chi connectivity index (χ3n) is 4.38. The molecule has 1 heterocycles. The van der Waals surface area contributed by atoms with Gasteiger partial charge in [-0.15, -0.1) is 11.6 Å². The van der Waals surface area contributed by atoms with Crippen LogP contribution in [0.3, 0.4) is 0 Å². The van der Waals surface area contributed by atoms with E-state index < -0.39 is 0 Å². The van der Waals surface area contributed by atoms with Gasteiger partial charge in [0.25, 0.3) is 0 Å². The molecular weight excluding hydrogens is 280 g/mol. The predicted octanol–water partition coefficient (Wildman–Crippen LogP) is 5.45. The average Bonchev–Trinajstić information content (AvgIpc) is 3.04.